The van der Waals surface area contributed by atoms with Crippen LogP contribution in [0.3, 0.4) is 0 Å². The Morgan fingerprint density at radius 1 is 1.03 bits per heavy atom. The molecule has 0 aliphatic heterocycles. The van der Waals surface area contributed by atoms with Crippen molar-refractivity contribution in [1.82, 2.24) is 0 Å². The maximum Gasteiger partial charge on any atom is 0.200 e. The molecule has 4 aromatic rings. The van der Waals surface area contributed by atoms with Gasteiger partial charge in [-0.1, -0.05) is 39.7 Å². The summed E-state index contributed by atoms with van der Waals surface area (Å²) >= 11 is 9.25. The number of carbonyl (C=O) groups excluding carboxylic acids is 1. The average Bonchev–Trinajstić information content (AvgIpc) is 2.73. The molecule has 0 N–H and O–H groups in total. The standard InChI is InChI=1S/C24H16BrClO4/c1-14-23(16-2-6-17(25)7-3-16)24(28)20-11-10-19(12-22(20)30-14)29-13-21(27)15-4-8-18(26)9-5-15/h2-12H,13H2,1H3. The highest BCUT2D eigenvalue weighted by molar-refractivity contribution is 9.10. The fraction of sp³-hybridized carbons (Fsp3) is 0.0833. The van der Waals surface area contributed by atoms with Gasteiger partial charge in [0.15, 0.2) is 12.4 Å². The summed E-state index contributed by atoms with van der Waals surface area (Å²) in [6, 6.07) is 19.1. The Kier molecular flexibility index (Phi) is 5.75. The molecular formula is C24H16BrClO4. The monoisotopic (exact) mass is 482 g/mol. The molecule has 0 saturated carbocycles. The first-order chi connectivity index (χ1) is 14.4. The minimum Gasteiger partial charge on any atom is -0.485 e. The summed E-state index contributed by atoms with van der Waals surface area (Å²) in [6.45, 7) is 1.63. The van der Waals surface area contributed by atoms with Gasteiger partial charge in [0.25, 0.3) is 0 Å². The maximum atomic E-state index is 13.0. The van der Waals surface area contributed by atoms with Gasteiger partial charge in [0.1, 0.15) is 17.1 Å². The Morgan fingerprint density at radius 2 is 1.73 bits per heavy atom. The smallest absolute Gasteiger partial charge is 0.200 e. The van der Waals surface area contributed by atoms with E-state index in [1.165, 1.54) is 0 Å². The fourth-order valence-electron chi connectivity index (χ4n) is 3.19. The minimum atomic E-state index is -0.171. The normalized spacial score (nSPS) is 10.9. The topological polar surface area (TPSA) is 56.5 Å². The summed E-state index contributed by atoms with van der Waals surface area (Å²) in [5.41, 5.74) is 2.14. The predicted octanol–water partition coefficient (Wildman–Crippen LogP) is 6.45. The number of Topliss-reactive ketones (excluding diaryl/α,β-unsaturated/α-hetero) is 1. The van der Waals surface area contributed by atoms with Crippen LogP contribution in [0.4, 0.5) is 0 Å². The molecule has 0 amide bonds. The van der Waals surface area contributed by atoms with E-state index in [1.54, 1.807) is 49.4 Å². The van der Waals surface area contributed by atoms with Crippen molar-refractivity contribution >= 4 is 44.3 Å². The largest absolute Gasteiger partial charge is 0.485 e. The van der Waals surface area contributed by atoms with Crippen LogP contribution >= 0.6 is 27.5 Å². The Hall–Kier alpha value is -2.89. The number of ketones is 1. The molecule has 0 fully saturated rings. The summed E-state index contributed by atoms with van der Waals surface area (Å²) in [5.74, 6) is 0.794. The molecule has 4 rings (SSSR count). The third-order valence-electron chi connectivity index (χ3n) is 4.71. The Labute approximate surface area is 186 Å². The molecule has 4 nitrogen and oxygen atoms in total. The van der Waals surface area contributed by atoms with E-state index in [4.69, 9.17) is 20.8 Å². The quantitative estimate of drug-likeness (QED) is 0.306. The predicted molar refractivity (Wildman–Crippen MR) is 122 cm³/mol. The lowest BCUT2D eigenvalue weighted by Crippen LogP contribution is -2.12. The van der Waals surface area contributed by atoms with E-state index in [-0.39, 0.29) is 17.8 Å². The third kappa shape index (κ3) is 4.18. The lowest BCUT2D eigenvalue weighted by molar-refractivity contribution is 0.0921. The van der Waals surface area contributed by atoms with Gasteiger partial charge >= 0.3 is 0 Å². The number of halogens is 2. The van der Waals surface area contributed by atoms with Gasteiger partial charge in [0.05, 0.1) is 10.9 Å². The summed E-state index contributed by atoms with van der Waals surface area (Å²) < 4.78 is 12.5. The minimum absolute atomic E-state index is 0.111. The number of benzene rings is 3. The lowest BCUT2D eigenvalue weighted by Gasteiger charge is -2.09. The van der Waals surface area contributed by atoms with Crippen LogP contribution in [0.15, 0.2) is 80.4 Å². The highest BCUT2D eigenvalue weighted by Crippen LogP contribution is 2.27. The molecule has 0 saturated heterocycles. The highest BCUT2D eigenvalue weighted by Gasteiger charge is 2.15. The van der Waals surface area contributed by atoms with Gasteiger partial charge in [-0.2, -0.15) is 0 Å². The maximum absolute atomic E-state index is 13.0. The zero-order valence-electron chi connectivity index (χ0n) is 15.9. The first kappa shape index (κ1) is 20.4. The van der Waals surface area contributed by atoms with E-state index in [2.05, 4.69) is 15.9 Å². The number of aryl methyl sites for hydroxylation is 1. The van der Waals surface area contributed by atoms with Crippen molar-refractivity contribution < 1.29 is 13.9 Å². The van der Waals surface area contributed by atoms with Crippen LogP contribution in [0.2, 0.25) is 5.02 Å². The van der Waals surface area contributed by atoms with Gasteiger partial charge < -0.3 is 9.15 Å². The second kappa shape index (κ2) is 8.46. The number of fused-ring (bicyclic) bond motifs is 1. The van der Waals surface area contributed by atoms with Crippen molar-refractivity contribution in [1.29, 1.82) is 0 Å². The van der Waals surface area contributed by atoms with Crippen molar-refractivity contribution in [3.63, 3.8) is 0 Å². The average molecular weight is 484 g/mol. The van der Waals surface area contributed by atoms with Crippen molar-refractivity contribution in [3.8, 4) is 16.9 Å². The molecule has 30 heavy (non-hydrogen) atoms. The number of hydrogen-bond acceptors (Lipinski definition) is 4. The summed E-state index contributed by atoms with van der Waals surface area (Å²) in [4.78, 5) is 25.3. The van der Waals surface area contributed by atoms with E-state index in [0.717, 1.165) is 10.0 Å². The molecule has 0 unspecified atom stereocenters. The Balaban J connectivity index is 1.61. The molecular weight excluding hydrogens is 468 g/mol. The van der Waals surface area contributed by atoms with Gasteiger partial charge in [0, 0.05) is 21.1 Å². The van der Waals surface area contributed by atoms with Gasteiger partial charge in [-0.25, -0.2) is 0 Å². The number of carbonyl (C=O) groups is 1. The molecule has 1 heterocycles. The van der Waals surface area contributed by atoms with Crippen LogP contribution < -0.4 is 10.2 Å². The number of hydrogen-bond donors (Lipinski definition) is 0. The van der Waals surface area contributed by atoms with E-state index in [0.29, 0.717) is 38.6 Å². The van der Waals surface area contributed by atoms with Crippen LogP contribution in [-0.2, 0) is 0 Å². The van der Waals surface area contributed by atoms with Gasteiger partial charge in [-0.05, 0) is 61.0 Å². The first-order valence-electron chi connectivity index (χ1n) is 9.17. The van der Waals surface area contributed by atoms with Gasteiger partial charge in [-0.3, -0.25) is 9.59 Å². The first-order valence-corrected chi connectivity index (χ1v) is 10.3. The SMILES string of the molecule is Cc1oc2cc(OCC(=O)c3ccc(Cl)cc3)ccc2c(=O)c1-c1ccc(Br)cc1. The van der Waals surface area contributed by atoms with E-state index < -0.39 is 0 Å². The van der Waals surface area contributed by atoms with Crippen LogP contribution in [0.1, 0.15) is 16.1 Å². The second-order valence-electron chi connectivity index (χ2n) is 6.75. The van der Waals surface area contributed by atoms with Crippen molar-refractivity contribution in [3.05, 3.63) is 97.8 Å². The Morgan fingerprint density at radius 3 is 2.43 bits per heavy atom. The zero-order chi connectivity index (χ0) is 21.3. The van der Waals surface area contributed by atoms with E-state index in [9.17, 15) is 9.59 Å². The van der Waals surface area contributed by atoms with Crippen molar-refractivity contribution in [2.45, 2.75) is 6.92 Å². The molecule has 1 aromatic heterocycles. The van der Waals surface area contributed by atoms with Crippen molar-refractivity contribution in [2.24, 2.45) is 0 Å². The van der Waals surface area contributed by atoms with Crippen LogP contribution in [-0.4, -0.2) is 12.4 Å². The van der Waals surface area contributed by atoms with Crippen molar-refractivity contribution in [2.75, 3.05) is 6.61 Å². The third-order valence-corrected chi connectivity index (χ3v) is 5.49. The second-order valence-corrected chi connectivity index (χ2v) is 8.10. The van der Waals surface area contributed by atoms with Crippen LogP contribution in [0, 0.1) is 6.92 Å². The van der Waals surface area contributed by atoms with Gasteiger partial charge in [0.2, 0.25) is 5.43 Å². The number of ether oxygens (including phenoxy) is 1. The summed E-state index contributed by atoms with van der Waals surface area (Å²) in [6.07, 6.45) is 0. The molecule has 3 aromatic carbocycles. The van der Waals surface area contributed by atoms with E-state index in [1.807, 2.05) is 24.3 Å². The highest BCUT2D eigenvalue weighted by atomic mass is 79.9. The van der Waals surface area contributed by atoms with Crippen LogP contribution in [0.5, 0.6) is 5.75 Å². The fourth-order valence-corrected chi connectivity index (χ4v) is 3.58. The molecule has 150 valence electrons. The Bertz CT molecular complexity index is 1290. The molecule has 0 atom stereocenters. The molecule has 0 aliphatic carbocycles. The van der Waals surface area contributed by atoms with Gasteiger partial charge in [-0.15, -0.1) is 0 Å². The molecule has 6 heteroatoms. The summed E-state index contributed by atoms with van der Waals surface area (Å²) in [7, 11) is 0. The zero-order valence-corrected chi connectivity index (χ0v) is 18.3. The molecule has 0 spiro atoms. The summed E-state index contributed by atoms with van der Waals surface area (Å²) in [5, 5.41) is 1.02. The molecule has 0 aliphatic rings. The number of rotatable bonds is 5. The molecule has 0 radical (unpaired) electrons. The van der Waals surface area contributed by atoms with E-state index >= 15 is 0 Å². The molecule has 0 bridgehead atoms. The van der Waals surface area contributed by atoms with Crippen LogP contribution in [0.25, 0.3) is 22.1 Å². The lowest BCUT2D eigenvalue weighted by atomic mass is 10.0.